The Kier molecular flexibility index (Phi) is 3.27. The Bertz CT molecular complexity index is 879. The van der Waals surface area contributed by atoms with Crippen LogP contribution in [0.2, 0.25) is 0 Å². The number of benzene rings is 2. The first-order chi connectivity index (χ1) is 10.2. The summed E-state index contributed by atoms with van der Waals surface area (Å²) in [7, 11) is 1.49. The molecule has 0 saturated heterocycles. The molecule has 1 aromatic heterocycles. The number of methoxy groups -OCH3 is 1. The Balaban J connectivity index is 2.54. The smallest absolute Gasteiger partial charge is 0.344 e. The minimum Gasteiger partial charge on any atom is -0.508 e. The minimum atomic E-state index is -0.491. The maximum atomic E-state index is 12.2. The standard InChI is InChI=1S/C16H14O5/c1-20-12-7-10(18)8-13-15(12)11-4-2-3-9(5-6-17)14(11)16(19)21-13/h2-4,7-8,17-18H,5-6H2,1H3. The van der Waals surface area contributed by atoms with Crippen molar-refractivity contribution in [2.24, 2.45) is 0 Å². The summed E-state index contributed by atoms with van der Waals surface area (Å²) in [5.41, 5.74) is 0.500. The number of rotatable bonds is 3. The first-order valence-electron chi connectivity index (χ1n) is 6.52. The van der Waals surface area contributed by atoms with Crippen molar-refractivity contribution in [3.05, 3.63) is 46.3 Å². The first kappa shape index (κ1) is 13.5. The number of hydrogen-bond donors (Lipinski definition) is 2. The molecule has 21 heavy (non-hydrogen) atoms. The average Bonchev–Trinajstić information content (AvgIpc) is 2.46. The molecule has 0 aliphatic heterocycles. The average molecular weight is 286 g/mol. The van der Waals surface area contributed by atoms with Crippen LogP contribution in [0.25, 0.3) is 21.7 Å². The van der Waals surface area contributed by atoms with Crippen molar-refractivity contribution in [1.29, 1.82) is 0 Å². The summed E-state index contributed by atoms with van der Waals surface area (Å²) >= 11 is 0. The van der Waals surface area contributed by atoms with E-state index in [0.29, 0.717) is 28.3 Å². The highest BCUT2D eigenvalue weighted by molar-refractivity contribution is 6.08. The van der Waals surface area contributed by atoms with Crippen molar-refractivity contribution in [3.8, 4) is 11.5 Å². The van der Waals surface area contributed by atoms with E-state index in [4.69, 9.17) is 14.3 Å². The van der Waals surface area contributed by atoms with Crippen molar-refractivity contribution < 1.29 is 19.4 Å². The summed E-state index contributed by atoms with van der Waals surface area (Å²) in [5, 5.41) is 20.5. The first-order valence-corrected chi connectivity index (χ1v) is 6.52. The summed E-state index contributed by atoms with van der Waals surface area (Å²) in [6.07, 6.45) is 0.369. The molecular formula is C16H14O5. The van der Waals surface area contributed by atoms with Crippen LogP contribution in [-0.4, -0.2) is 23.9 Å². The van der Waals surface area contributed by atoms with Gasteiger partial charge in [-0.25, -0.2) is 4.79 Å². The molecule has 5 heteroatoms. The SMILES string of the molecule is COc1cc(O)cc2oc(=O)c3c(CCO)cccc3c12. The number of aromatic hydroxyl groups is 1. The van der Waals surface area contributed by atoms with Crippen molar-refractivity contribution >= 4 is 21.7 Å². The Morgan fingerprint density at radius 1 is 1.24 bits per heavy atom. The van der Waals surface area contributed by atoms with Gasteiger partial charge >= 0.3 is 5.63 Å². The lowest BCUT2D eigenvalue weighted by Gasteiger charge is -2.10. The number of fused-ring (bicyclic) bond motifs is 3. The second kappa shape index (κ2) is 5.10. The van der Waals surface area contributed by atoms with Crippen LogP contribution in [0.3, 0.4) is 0 Å². The molecule has 2 aromatic carbocycles. The number of phenolic OH excluding ortho intramolecular Hbond substituents is 1. The predicted octanol–water partition coefficient (Wildman–Crippen LogP) is 2.20. The molecule has 3 rings (SSSR count). The van der Waals surface area contributed by atoms with Crippen LogP contribution in [0, 0.1) is 0 Å². The third-order valence-corrected chi connectivity index (χ3v) is 3.48. The lowest BCUT2D eigenvalue weighted by atomic mass is 10.0. The van der Waals surface area contributed by atoms with E-state index in [2.05, 4.69) is 0 Å². The summed E-state index contributed by atoms with van der Waals surface area (Å²) in [5.74, 6) is 0.397. The highest BCUT2D eigenvalue weighted by atomic mass is 16.5. The number of hydrogen-bond acceptors (Lipinski definition) is 5. The van der Waals surface area contributed by atoms with E-state index < -0.39 is 5.63 Å². The van der Waals surface area contributed by atoms with E-state index in [1.807, 2.05) is 6.07 Å². The van der Waals surface area contributed by atoms with Gasteiger partial charge in [-0.2, -0.15) is 0 Å². The van der Waals surface area contributed by atoms with Gasteiger partial charge in [0, 0.05) is 24.1 Å². The third kappa shape index (κ3) is 2.11. The molecule has 0 radical (unpaired) electrons. The van der Waals surface area contributed by atoms with E-state index in [1.54, 1.807) is 12.1 Å². The van der Waals surface area contributed by atoms with Gasteiger partial charge in [-0.15, -0.1) is 0 Å². The van der Waals surface area contributed by atoms with Gasteiger partial charge in [0.05, 0.1) is 17.9 Å². The van der Waals surface area contributed by atoms with E-state index in [0.717, 1.165) is 5.56 Å². The molecule has 0 bridgehead atoms. The van der Waals surface area contributed by atoms with Crippen molar-refractivity contribution in [2.75, 3.05) is 13.7 Å². The van der Waals surface area contributed by atoms with Gasteiger partial charge in [0.25, 0.3) is 0 Å². The molecule has 0 unspecified atom stereocenters. The van der Waals surface area contributed by atoms with Gasteiger partial charge < -0.3 is 19.4 Å². The van der Waals surface area contributed by atoms with Gasteiger partial charge in [-0.05, 0) is 12.0 Å². The normalized spacial score (nSPS) is 11.1. The molecule has 0 aliphatic carbocycles. The fraction of sp³-hybridized carbons (Fsp3) is 0.188. The third-order valence-electron chi connectivity index (χ3n) is 3.48. The second-order valence-electron chi connectivity index (χ2n) is 4.72. The number of aliphatic hydroxyl groups is 1. The monoisotopic (exact) mass is 286 g/mol. The van der Waals surface area contributed by atoms with Gasteiger partial charge in [0.1, 0.15) is 17.1 Å². The Morgan fingerprint density at radius 3 is 2.76 bits per heavy atom. The summed E-state index contributed by atoms with van der Waals surface area (Å²) in [6, 6.07) is 8.26. The molecule has 3 aromatic rings. The van der Waals surface area contributed by atoms with Crippen LogP contribution in [-0.2, 0) is 6.42 Å². The fourth-order valence-corrected chi connectivity index (χ4v) is 2.61. The topological polar surface area (TPSA) is 79.9 Å². The molecule has 0 fully saturated rings. The van der Waals surface area contributed by atoms with E-state index in [1.165, 1.54) is 19.2 Å². The molecule has 0 spiro atoms. The predicted molar refractivity (Wildman–Crippen MR) is 79.0 cm³/mol. The van der Waals surface area contributed by atoms with Crippen LogP contribution in [0.4, 0.5) is 0 Å². The van der Waals surface area contributed by atoms with Gasteiger partial charge in [0.15, 0.2) is 0 Å². The van der Waals surface area contributed by atoms with Crippen LogP contribution >= 0.6 is 0 Å². The van der Waals surface area contributed by atoms with Gasteiger partial charge in [-0.3, -0.25) is 0 Å². The van der Waals surface area contributed by atoms with Crippen molar-refractivity contribution in [2.45, 2.75) is 6.42 Å². The van der Waals surface area contributed by atoms with Crippen LogP contribution < -0.4 is 10.4 Å². The zero-order valence-corrected chi connectivity index (χ0v) is 11.4. The quantitative estimate of drug-likeness (QED) is 0.570. The van der Waals surface area contributed by atoms with Crippen LogP contribution in [0.5, 0.6) is 11.5 Å². The van der Waals surface area contributed by atoms with E-state index >= 15 is 0 Å². The summed E-state index contributed by atoms with van der Waals surface area (Å²) < 4.78 is 10.6. The molecule has 5 nitrogen and oxygen atoms in total. The lowest BCUT2D eigenvalue weighted by Crippen LogP contribution is -2.05. The zero-order valence-electron chi connectivity index (χ0n) is 11.4. The minimum absolute atomic E-state index is 0.0339. The highest BCUT2D eigenvalue weighted by Gasteiger charge is 2.15. The largest absolute Gasteiger partial charge is 0.508 e. The highest BCUT2D eigenvalue weighted by Crippen LogP contribution is 2.35. The molecule has 0 saturated carbocycles. The maximum absolute atomic E-state index is 12.2. The zero-order chi connectivity index (χ0) is 15.0. The lowest BCUT2D eigenvalue weighted by molar-refractivity contribution is 0.300. The Labute approximate surface area is 120 Å². The molecule has 0 amide bonds. The molecular weight excluding hydrogens is 272 g/mol. The van der Waals surface area contributed by atoms with Crippen LogP contribution in [0.1, 0.15) is 5.56 Å². The van der Waals surface area contributed by atoms with E-state index in [9.17, 15) is 9.90 Å². The molecule has 0 atom stereocenters. The fourth-order valence-electron chi connectivity index (χ4n) is 2.61. The van der Waals surface area contributed by atoms with Gasteiger partial charge in [0.2, 0.25) is 0 Å². The summed E-state index contributed by atoms with van der Waals surface area (Å²) in [6.45, 7) is -0.0523. The van der Waals surface area contributed by atoms with Gasteiger partial charge in [-0.1, -0.05) is 18.2 Å². The number of phenols is 1. The molecule has 1 heterocycles. The molecule has 2 N–H and O–H groups in total. The van der Waals surface area contributed by atoms with Crippen LogP contribution in [0.15, 0.2) is 39.5 Å². The summed E-state index contributed by atoms with van der Waals surface area (Å²) in [4.78, 5) is 12.2. The number of ether oxygens (including phenoxy) is 1. The second-order valence-corrected chi connectivity index (χ2v) is 4.72. The van der Waals surface area contributed by atoms with Crippen molar-refractivity contribution in [3.63, 3.8) is 0 Å². The molecule has 108 valence electrons. The molecule has 0 aliphatic rings. The Morgan fingerprint density at radius 2 is 2.05 bits per heavy atom. The maximum Gasteiger partial charge on any atom is 0.344 e. The number of aliphatic hydroxyl groups excluding tert-OH is 1. The van der Waals surface area contributed by atoms with E-state index in [-0.39, 0.29) is 17.9 Å². The van der Waals surface area contributed by atoms with Crippen molar-refractivity contribution in [1.82, 2.24) is 0 Å². The Hall–Kier alpha value is -2.53.